The molecule has 2 N–H and O–H groups in total. The lowest BCUT2D eigenvalue weighted by atomic mass is 10.1. The zero-order valence-corrected chi connectivity index (χ0v) is 13.5. The molecule has 0 aliphatic heterocycles. The van der Waals surface area contributed by atoms with Crippen LogP contribution in [0.15, 0.2) is 24.0 Å². The lowest BCUT2D eigenvalue weighted by molar-refractivity contribution is -0.137. The van der Waals surface area contributed by atoms with E-state index in [0.717, 1.165) is 44.9 Å². The molecule has 0 unspecified atom stereocenters. The Balaban J connectivity index is 3.41. The van der Waals surface area contributed by atoms with E-state index < -0.39 is 5.97 Å². The van der Waals surface area contributed by atoms with Gasteiger partial charge in [-0.3, -0.25) is 4.79 Å². The highest BCUT2D eigenvalue weighted by Crippen LogP contribution is 2.09. The lowest BCUT2D eigenvalue weighted by Crippen LogP contribution is -1.93. The fraction of sp³-hybridized carbons (Fsp3) is 0.722. The normalized spacial score (nSPS) is 12.1. The fourth-order valence-electron chi connectivity index (χ4n) is 2.14. The van der Waals surface area contributed by atoms with Crippen LogP contribution in [0, 0.1) is 0 Å². The van der Waals surface area contributed by atoms with Crippen LogP contribution in [0.4, 0.5) is 0 Å². The van der Waals surface area contributed by atoms with E-state index in [2.05, 4.69) is 13.0 Å². The molecule has 0 bridgehead atoms. The average molecular weight is 296 g/mol. The third-order valence-corrected chi connectivity index (χ3v) is 3.44. The maximum absolute atomic E-state index is 10.3. The Morgan fingerprint density at radius 2 is 1.52 bits per heavy atom. The molecular weight excluding hydrogens is 264 g/mol. The summed E-state index contributed by atoms with van der Waals surface area (Å²) in [5.41, 5.74) is 0. The lowest BCUT2D eigenvalue weighted by Gasteiger charge is -1.99. The summed E-state index contributed by atoms with van der Waals surface area (Å²) in [6.07, 6.45) is 17.8. The molecule has 0 heterocycles. The molecule has 21 heavy (non-hydrogen) atoms. The first-order valence-electron chi connectivity index (χ1n) is 8.41. The second kappa shape index (κ2) is 15.1. The number of aliphatic hydroxyl groups excluding tert-OH is 1. The number of aliphatic carboxylic acids is 1. The molecule has 122 valence electrons. The number of hydrogen-bond acceptors (Lipinski definition) is 2. The molecule has 0 aliphatic carbocycles. The molecule has 3 nitrogen and oxygen atoms in total. The van der Waals surface area contributed by atoms with Crippen molar-refractivity contribution in [2.24, 2.45) is 0 Å². The zero-order chi connectivity index (χ0) is 15.8. The summed E-state index contributed by atoms with van der Waals surface area (Å²) in [7, 11) is 0. The first-order valence-corrected chi connectivity index (χ1v) is 8.41. The highest BCUT2D eigenvalue weighted by molar-refractivity contribution is 5.66. The van der Waals surface area contributed by atoms with Gasteiger partial charge in [-0.15, -0.1) is 0 Å². The Bertz CT molecular complexity index is 306. The third-order valence-electron chi connectivity index (χ3n) is 3.44. The van der Waals surface area contributed by atoms with Crippen molar-refractivity contribution in [2.45, 2.75) is 84.0 Å². The van der Waals surface area contributed by atoms with Crippen molar-refractivity contribution in [3.8, 4) is 0 Å². The highest BCUT2D eigenvalue weighted by atomic mass is 16.4. The van der Waals surface area contributed by atoms with Crippen molar-refractivity contribution in [1.82, 2.24) is 0 Å². The number of carbonyl (C=O) groups is 1. The van der Waals surface area contributed by atoms with E-state index in [1.54, 1.807) is 0 Å². The van der Waals surface area contributed by atoms with Crippen LogP contribution in [0.1, 0.15) is 84.0 Å². The molecule has 0 rings (SSSR count). The Morgan fingerprint density at radius 1 is 0.857 bits per heavy atom. The van der Waals surface area contributed by atoms with E-state index in [4.69, 9.17) is 5.11 Å². The Kier molecular flexibility index (Phi) is 14.2. The Labute approximate surface area is 129 Å². The van der Waals surface area contributed by atoms with E-state index in [1.807, 2.05) is 12.2 Å². The second-order valence-corrected chi connectivity index (χ2v) is 5.57. The van der Waals surface area contributed by atoms with Crippen molar-refractivity contribution >= 4 is 5.97 Å². The molecule has 0 aliphatic rings. The topological polar surface area (TPSA) is 57.5 Å². The molecule has 0 spiro atoms. The average Bonchev–Trinajstić information content (AvgIpc) is 2.45. The smallest absolute Gasteiger partial charge is 0.303 e. The van der Waals surface area contributed by atoms with E-state index in [9.17, 15) is 9.90 Å². The van der Waals surface area contributed by atoms with Crippen molar-refractivity contribution in [1.29, 1.82) is 0 Å². The fourth-order valence-corrected chi connectivity index (χ4v) is 2.14. The maximum atomic E-state index is 10.3. The summed E-state index contributed by atoms with van der Waals surface area (Å²) in [6, 6.07) is 0. The van der Waals surface area contributed by atoms with Crippen LogP contribution < -0.4 is 0 Å². The summed E-state index contributed by atoms with van der Waals surface area (Å²) >= 11 is 0. The van der Waals surface area contributed by atoms with Crippen LogP contribution in [0.25, 0.3) is 0 Å². The number of aliphatic hydroxyl groups is 1. The summed E-state index contributed by atoms with van der Waals surface area (Å²) in [4.78, 5) is 10.3. The highest BCUT2D eigenvalue weighted by Gasteiger charge is 1.96. The number of unbranched alkanes of at least 4 members (excludes halogenated alkanes) is 8. The van der Waals surface area contributed by atoms with Gasteiger partial charge in [-0.25, -0.2) is 0 Å². The second-order valence-electron chi connectivity index (χ2n) is 5.57. The summed E-state index contributed by atoms with van der Waals surface area (Å²) in [5, 5.41) is 18.2. The monoisotopic (exact) mass is 296 g/mol. The van der Waals surface area contributed by atoms with Gasteiger partial charge in [0.25, 0.3) is 0 Å². The van der Waals surface area contributed by atoms with Gasteiger partial charge in [-0.1, -0.05) is 51.2 Å². The molecule has 0 atom stereocenters. The molecule has 0 aromatic carbocycles. The number of allylic oxidation sites excluding steroid dienone is 3. The molecule has 0 aromatic heterocycles. The van der Waals surface area contributed by atoms with E-state index in [0.29, 0.717) is 12.2 Å². The molecule has 0 radical (unpaired) electrons. The molecule has 0 saturated carbocycles. The van der Waals surface area contributed by atoms with Gasteiger partial charge in [0, 0.05) is 12.8 Å². The largest absolute Gasteiger partial charge is 0.512 e. The number of carboxylic acids is 1. The minimum Gasteiger partial charge on any atom is -0.512 e. The van der Waals surface area contributed by atoms with Gasteiger partial charge in [-0.2, -0.15) is 0 Å². The summed E-state index contributed by atoms with van der Waals surface area (Å²) in [5.74, 6) is -0.238. The van der Waals surface area contributed by atoms with Gasteiger partial charge in [0.1, 0.15) is 0 Å². The minimum absolute atomic E-state index is 0.283. The van der Waals surface area contributed by atoms with Gasteiger partial charge in [0.15, 0.2) is 0 Å². The molecule has 0 saturated heterocycles. The van der Waals surface area contributed by atoms with E-state index >= 15 is 0 Å². The van der Waals surface area contributed by atoms with Crippen molar-refractivity contribution in [3.63, 3.8) is 0 Å². The van der Waals surface area contributed by atoms with Crippen LogP contribution in [0.3, 0.4) is 0 Å². The first kappa shape index (κ1) is 19.8. The Hall–Kier alpha value is -1.25. The standard InChI is InChI=1S/C18H32O3/c1-2-3-4-5-8-11-14-17(19)15-12-9-6-7-10-13-16-18(20)21/h8,11,15,19H,2-7,9-10,12-14,16H2,1H3,(H,20,21)/b11-8+,17-15+. The number of hydrogen-bond donors (Lipinski definition) is 2. The van der Waals surface area contributed by atoms with E-state index in [-0.39, 0.29) is 6.42 Å². The predicted octanol–water partition coefficient (Wildman–Crippen LogP) is 5.77. The van der Waals surface area contributed by atoms with Gasteiger partial charge in [0.2, 0.25) is 0 Å². The predicted molar refractivity (Wildman–Crippen MR) is 88.6 cm³/mol. The van der Waals surface area contributed by atoms with Gasteiger partial charge >= 0.3 is 5.97 Å². The van der Waals surface area contributed by atoms with Gasteiger partial charge in [0.05, 0.1) is 5.76 Å². The van der Waals surface area contributed by atoms with Gasteiger partial charge in [-0.05, 0) is 38.2 Å². The first-order chi connectivity index (χ1) is 10.2. The minimum atomic E-state index is -0.703. The Morgan fingerprint density at radius 3 is 2.24 bits per heavy atom. The van der Waals surface area contributed by atoms with Crippen LogP contribution in [0.5, 0.6) is 0 Å². The van der Waals surface area contributed by atoms with E-state index in [1.165, 1.54) is 19.3 Å². The SMILES string of the molecule is CCCCC/C=C/C/C(O)=C\CCCCCCCC(=O)O. The summed E-state index contributed by atoms with van der Waals surface area (Å²) < 4.78 is 0. The molecule has 0 amide bonds. The third kappa shape index (κ3) is 16.7. The molecule has 0 fully saturated rings. The molecule has 0 aromatic rings. The molecular formula is C18H32O3. The van der Waals surface area contributed by atoms with Crippen LogP contribution in [0.2, 0.25) is 0 Å². The van der Waals surface area contributed by atoms with Crippen LogP contribution >= 0.6 is 0 Å². The quantitative estimate of drug-likeness (QED) is 0.243. The van der Waals surface area contributed by atoms with Gasteiger partial charge < -0.3 is 10.2 Å². The number of carboxylic acid groups (broad SMARTS) is 1. The molecule has 3 heteroatoms. The maximum Gasteiger partial charge on any atom is 0.303 e. The van der Waals surface area contributed by atoms with Crippen molar-refractivity contribution < 1.29 is 15.0 Å². The van der Waals surface area contributed by atoms with Crippen molar-refractivity contribution in [2.75, 3.05) is 0 Å². The van der Waals surface area contributed by atoms with Crippen molar-refractivity contribution in [3.05, 3.63) is 24.0 Å². The zero-order valence-electron chi connectivity index (χ0n) is 13.5. The van der Waals surface area contributed by atoms with Crippen LogP contribution in [-0.4, -0.2) is 16.2 Å². The van der Waals surface area contributed by atoms with Crippen LogP contribution in [-0.2, 0) is 4.79 Å². The summed E-state index contributed by atoms with van der Waals surface area (Å²) in [6.45, 7) is 2.20. The number of rotatable bonds is 14.